The molecule has 110 valence electrons. The lowest BCUT2D eigenvalue weighted by molar-refractivity contribution is -0.153. The molecule has 0 aliphatic heterocycles. The summed E-state index contributed by atoms with van der Waals surface area (Å²) in [5.74, 6) is -0.706. The van der Waals surface area contributed by atoms with E-state index in [4.69, 9.17) is 4.74 Å². The standard InChI is InChI=1S/C16H23NO3/c1-15(2,3)17-13(18)11-20-14(19)16(4,5)12-9-7-6-8-10-12/h6-10H,11H2,1-5H3,(H,17,18). The zero-order valence-corrected chi connectivity index (χ0v) is 12.8. The van der Waals surface area contributed by atoms with Gasteiger partial charge < -0.3 is 10.1 Å². The van der Waals surface area contributed by atoms with Gasteiger partial charge in [-0.15, -0.1) is 0 Å². The van der Waals surface area contributed by atoms with Gasteiger partial charge in [0, 0.05) is 5.54 Å². The predicted octanol–water partition coefficient (Wildman–Crippen LogP) is 2.42. The van der Waals surface area contributed by atoms with Gasteiger partial charge in [0.1, 0.15) is 0 Å². The number of ether oxygens (including phenoxy) is 1. The van der Waals surface area contributed by atoms with E-state index in [1.54, 1.807) is 13.8 Å². The van der Waals surface area contributed by atoms with E-state index in [1.165, 1.54) is 0 Å². The van der Waals surface area contributed by atoms with Gasteiger partial charge >= 0.3 is 5.97 Å². The Morgan fingerprint density at radius 1 is 1.05 bits per heavy atom. The van der Waals surface area contributed by atoms with Crippen molar-refractivity contribution in [3.8, 4) is 0 Å². The third-order valence-electron chi connectivity index (χ3n) is 2.85. The molecule has 4 heteroatoms. The molecule has 0 aliphatic carbocycles. The highest BCUT2D eigenvalue weighted by Gasteiger charge is 2.31. The highest BCUT2D eigenvalue weighted by Crippen LogP contribution is 2.24. The summed E-state index contributed by atoms with van der Waals surface area (Å²) in [5, 5.41) is 2.75. The van der Waals surface area contributed by atoms with Gasteiger partial charge in [-0.1, -0.05) is 30.3 Å². The number of benzene rings is 1. The normalized spacial score (nSPS) is 11.8. The van der Waals surface area contributed by atoms with E-state index >= 15 is 0 Å². The van der Waals surface area contributed by atoms with Crippen molar-refractivity contribution < 1.29 is 14.3 Å². The molecule has 0 unspecified atom stereocenters. The first-order valence-electron chi connectivity index (χ1n) is 6.67. The van der Waals surface area contributed by atoms with E-state index in [1.807, 2.05) is 51.1 Å². The molecular weight excluding hydrogens is 254 g/mol. The molecule has 20 heavy (non-hydrogen) atoms. The molecule has 0 heterocycles. The molecule has 0 aliphatic rings. The lowest BCUT2D eigenvalue weighted by atomic mass is 9.85. The molecule has 1 rings (SSSR count). The minimum atomic E-state index is -0.775. The quantitative estimate of drug-likeness (QED) is 0.860. The van der Waals surface area contributed by atoms with Crippen LogP contribution in [0.25, 0.3) is 0 Å². The maximum absolute atomic E-state index is 12.1. The largest absolute Gasteiger partial charge is 0.455 e. The number of rotatable bonds is 4. The number of esters is 1. The summed E-state index contributed by atoms with van der Waals surface area (Å²) in [7, 11) is 0. The van der Waals surface area contributed by atoms with Crippen LogP contribution in [0.3, 0.4) is 0 Å². The molecule has 0 aromatic heterocycles. The molecule has 1 aromatic rings. The Bertz CT molecular complexity index is 472. The number of nitrogens with one attached hydrogen (secondary N) is 1. The lowest BCUT2D eigenvalue weighted by Crippen LogP contribution is -2.43. The maximum atomic E-state index is 12.1. The molecule has 0 saturated carbocycles. The molecule has 4 nitrogen and oxygen atoms in total. The van der Waals surface area contributed by atoms with Gasteiger partial charge in [0.25, 0.3) is 5.91 Å². The van der Waals surface area contributed by atoms with Crippen LogP contribution in [-0.2, 0) is 19.7 Å². The number of amides is 1. The predicted molar refractivity (Wildman–Crippen MR) is 78.3 cm³/mol. The second-order valence-corrected chi connectivity index (χ2v) is 6.37. The van der Waals surface area contributed by atoms with Gasteiger partial charge in [-0.05, 0) is 40.2 Å². The fourth-order valence-corrected chi connectivity index (χ4v) is 1.74. The van der Waals surface area contributed by atoms with E-state index < -0.39 is 11.4 Å². The van der Waals surface area contributed by atoms with E-state index in [9.17, 15) is 9.59 Å². The fourth-order valence-electron chi connectivity index (χ4n) is 1.74. The van der Waals surface area contributed by atoms with Gasteiger partial charge in [0.15, 0.2) is 6.61 Å². The van der Waals surface area contributed by atoms with Crippen molar-refractivity contribution in [3.05, 3.63) is 35.9 Å². The van der Waals surface area contributed by atoms with E-state index in [2.05, 4.69) is 5.32 Å². The molecule has 0 spiro atoms. The van der Waals surface area contributed by atoms with Crippen LogP contribution >= 0.6 is 0 Å². The van der Waals surface area contributed by atoms with Crippen molar-refractivity contribution >= 4 is 11.9 Å². The van der Waals surface area contributed by atoms with Gasteiger partial charge in [-0.3, -0.25) is 9.59 Å². The van der Waals surface area contributed by atoms with Crippen molar-refractivity contribution in [2.75, 3.05) is 6.61 Å². The van der Waals surface area contributed by atoms with Crippen molar-refractivity contribution in [1.82, 2.24) is 5.32 Å². The van der Waals surface area contributed by atoms with Crippen LogP contribution in [0.15, 0.2) is 30.3 Å². The smallest absolute Gasteiger partial charge is 0.316 e. The average Bonchev–Trinajstić information content (AvgIpc) is 2.35. The van der Waals surface area contributed by atoms with E-state index in [-0.39, 0.29) is 18.1 Å². The number of carbonyl (C=O) groups excluding carboxylic acids is 2. The first-order chi connectivity index (χ1) is 9.13. The molecular formula is C16H23NO3. The summed E-state index contributed by atoms with van der Waals surface area (Å²) in [6, 6.07) is 9.38. The summed E-state index contributed by atoms with van der Waals surface area (Å²) in [6.45, 7) is 8.94. The molecule has 0 atom stereocenters. The Balaban J connectivity index is 2.61. The SMILES string of the molecule is CC(C)(C)NC(=O)COC(=O)C(C)(C)c1ccccc1. The van der Waals surface area contributed by atoms with E-state index in [0.29, 0.717) is 0 Å². The zero-order valence-electron chi connectivity index (χ0n) is 12.8. The Morgan fingerprint density at radius 3 is 2.10 bits per heavy atom. The van der Waals surface area contributed by atoms with Crippen molar-refractivity contribution in [2.24, 2.45) is 0 Å². The summed E-state index contributed by atoms with van der Waals surface area (Å²) in [6.07, 6.45) is 0. The second kappa shape index (κ2) is 6.07. The summed E-state index contributed by atoms with van der Waals surface area (Å²) < 4.78 is 5.12. The zero-order chi connectivity index (χ0) is 15.4. The van der Waals surface area contributed by atoms with Crippen LogP contribution in [-0.4, -0.2) is 24.0 Å². The first kappa shape index (κ1) is 16.2. The Morgan fingerprint density at radius 2 is 1.60 bits per heavy atom. The minimum Gasteiger partial charge on any atom is -0.455 e. The summed E-state index contributed by atoms with van der Waals surface area (Å²) in [4.78, 5) is 23.8. The van der Waals surface area contributed by atoms with Crippen LogP contribution in [0.4, 0.5) is 0 Å². The Hall–Kier alpha value is -1.84. The molecule has 1 amide bonds. The van der Waals surface area contributed by atoms with Crippen LogP contribution < -0.4 is 5.32 Å². The molecule has 1 aromatic carbocycles. The molecule has 0 saturated heterocycles. The van der Waals surface area contributed by atoms with Gasteiger partial charge in [0.05, 0.1) is 5.41 Å². The number of carbonyl (C=O) groups is 2. The maximum Gasteiger partial charge on any atom is 0.316 e. The van der Waals surface area contributed by atoms with Crippen LogP contribution in [0.1, 0.15) is 40.2 Å². The highest BCUT2D eigenvalue weighted by atomic mass is 16.5. The highest BCUT2D eigenvalue weighted by molar-refractivity contribution is 5.85. The average molecular weight is 277 g/mol. The lowest BCUT2D eigenvalue weighted by Gasteiger charge is -2.24. The molecule has 0 fully saturated rings. The molecule has 1 N–H and O–H groups in total. The third-order valence-corrected chi connectivity index (χ3v) is 2.85. The van der Waals surface area contributed by atoms with Crippen molar-refractivity contribution in [1.29, 1.82) is 0 Å². The summed E-state index contributed by atoms with van der Waals surface area (Å²) >= 11 is 0. The Labute approximate surface area is 120 Å². The van der Waals surface area contributed by atoms with Gasteiger partial charge in [0.2, 0.25) is 0 Å². The third kappa shape index (κ3) is 4.68. The first-order valence-corrected chi connectivity index (χ1v) is 6.67. The monoisotopic (exact) mass is 277 g/mol. The summed E-state index contributed by atoms with van der Waals surface area (Å²) in [5.41, 5.74) is -0.247. The van der Waals surface area contributed by atoms with Gasteiger partial charge in [-0.25, -0.2) is 0 Å². The number of hydrogen-bond acceptors (Lipinski definition) is 3. The topological polar surface area (TPSA) is 55.4 Å². The molecule has 0 bridgehead atoms. The minimum absolute atomic E-state index is 0.258. The van der Waals surface area contributed by atoms with Crippen LogP contribution in [0, 0.1) is 0 Å². The van der Waals surface area contributed by atoms with Crippen molar-refractivity contribution in [2.45, 2.75) is 45.6 Å². The van der Waals surface area contributed by atoms with Gasteiger partial charge in [-0.2, -0.15) is 0 Å². The van der Waals surface area contributed by atoms with E-state index in [0.717, 1.165) is 5.56 Å². The van der Waals surface area contributed by atoms with Crippen LogP contribution in [0.5, 0.6) is 0 Å². The Kier molecular flexibility index (Phi) is 4.93. The molecule has 0 radical (unpaired) electrons. The van der Waals surface area contributed by atoms with Crippen LogP contribution in [0.2, 0.25) is 0 Å². The second-order valence-electron chi connectivity index (χ2n) is 6.37. The number of hydrogen-bond donors (Lipinski definition) is 1. The fraction of sp³-hybridized carbons (Fsp3) is 0.500. The van der Waals surface area contributed by atoms with Crippen molar-refractivity contribution in [3.63, 3.8) is 0 Å².